The average molecular weight is 404 g/mol. The third-order valence-corrected chi connectivity index (χ3v) is 6.52. The summed E-state index contributed by atoms with van der Waals surface area (Å²) in [5.74, 6) is 0.528. The maximum absolute atomic E-state index is 13.5. The molecule has 1 aliphatic carbocycles. The summed E-state index contributed by atoms with van der Waals surface area (Å²) in [4.78, 5) is 12.4. The molecule has 0 radical (unpaired) electrons. The van der Waals surface area contributed by atoms with Crippen LogP contribution in [-0.4, -0.2) is 27.4 Å². The predicted octanol–water partition coefficient (Wildman–Crippen LogP) is 5.60. The van der Waals surface area contributed by atoms with Crippen LogP contribution in [0.2, 0.25) is 0 Å². The fraction of sp³-hybridized carbons (Fsp3) is 0.360. The van der Waals surface area contributed by atoms with E-state index in [-0.39, 0.29) is 17.8 Å². The number of fused-ring (bicyclic) bond motifs is 1. The SMILES string of the molecule is O[C@@H]1CCC[C@@H](CCC2C=NC(c3ccc(F)cc3)=C2c2ccnc3[nH]ccc23)C1. The average Bonchev–Trinajstić information content (AvgIpc) is 3.40. The molecule has 1 fully saturated rings. The van der Waals surface area contributed by atoms with Crippen LogP contribution in [0.5, 0.6) is 0 Å². The van der Waals surface area contributed by atoms with Gasteiger partial charge >= 0.3 is 0 Å². The molecule has 5 heteroatoms. The van der Waals surface area contributed by atoms with Crippen LogP contribution in [-0.2, 0) is 0 Å². The van der Waals surface area contributed by atoms with Crippen molar-refractivity contribution in [3.05, 3.63) is 65.7 Å². The summed E-state index contributed by atoms with van der Waals surface area (Å²) in [7, 11) is 0. The number of aliphatic hydroxyl groups is 1. The lowest BCUT2D eigenvalue weighted by molar-refractivity contribution is 0.0973. The third-order valence-electron chi connectivity index (χ3n) is 6.52. The molecule has 0 spiro atoms. The van der Waals surface area contributed by atoms with Crippen LogP contribution in [0.1, 0.15) is 49.7 Å². The summed E-state index contributed by atoms with van der Waals surface area (Å²) in [6.45, 7) is 0. The van der Waals surface area contributed by atoms with Gasteiger partial charge in [0.25, 0.3) is 0 Å². The van der Waals surface area contributed by atoms with Crippen molar-refractivity contribution in [3.8, 4) is 0 Å². The highest BCUT2D eigenvalue weighted by atomic mass is 19.1. The van der Waals surface area contributed by atoms with Crippen LogP contribution in [0, 0.1) is 17.7 Å². The molecule has 30 heavy (non-hydrogen) atoms. The third kappa shape index (κ3) is 3.70. The van der Waals surface area contributed by atoms with Crippen molar-refractivity contribution in [2.24, 2.45) is 16.8 Å². The molecule has 1 aliphatic heterocycles. The molecule has 3 atom stereocenters. The number of nitrogens with one attached hydrogen (secondary N) is 1. The molecule has 2 aliphatic rings. The lowest BCUT2D eigenvalue weighted by Crippen LogP contribution is -2.20. The van der Waals surface area contributed by atoms with Gasteiger partial charge in [-0.1, -0.05) is 12.8 Å². The second kappa shape index (κ2) is 8.15. The number of aliphatic hydroxyl groups excluding tert-OH is 1. The number of pyridine rings is 1. The maximum atomic E-state index is 13.5. The Bertz CT molecular complexity index is 1100. The Kier molecular flexibility index (Phi) is 5.21. The van der Waals surface area contributed by atoms with E-state index in [9.17, 15) is 9.50 Å². The Balaban J connectivity index is 1.51. The largest absolute Gasteiger partial charge is 0.393 e. The number of aromatic amines is 1. The molecule has 0 saturated heterocycles. The number of hydrogen-bond donors (Lipinski definition) is 2. The lowest BCUT2D eigenvalue weighted by atomic mass is 9.80. The quantitative estimate of drug-likeness (QED) is 0.582. The van der Waals surface area contributed by atoms with Crippen LogP contribution in [0.15, 0.2) is 53.8 Å². The highest BCUT2D eigenvalue weighted by molar-refractivity contribution is 6.08. The number of rotatable bonds is 5. The topological polar surface area (TPSA) is 61.3 Å². The van der Waals surface area contributed by atoms with Gasteiger partial charge in [0.1, 0.15) is 11.5 Å². The van der Waals surface area contributed by atoms with Crippen molar-refractivity contribution in [1.29, 1.82) is 0 Å². The van der Waals surface area contributed by atoms with Crippen molar-refractivity contribution >= 4 is 28.5 Å². The first-order chi connectivity index (χ1) is 14.7. The summed E-state index contributed by atoms with van der Waals surface area (Å²) in [6, 6.07) is 10.7. The van der Waals surface area contributed by atoms with Gasteiger partial charge in [0.2, 0.25) is 0 Å². The van der Waals surface area contributed by atoms with Crippen molar-refractivity contribution in [2.45, 2.75) is 44.6 Å². The molecule has 1 unspecified atom stereocenters. The zero-order valence-corrected chi connectivity index (χ0v) is 16.9. The zero-order valence-electron chi connectivity index (χ0n) is 16.9. The Hall–Kier alpha value is -2.79. The number of H-pyrrole nitrogens is 1. The Morgan fingerprint density at radius 3 is 2.77 bits per heavy atom. The molecule has 1 aromatic carbocycles. The number of halogens is 1. The summed E-state index contributed by atoms with van der Waals surface area (Å²) in [6.07, 6.45) is 11.9. The normalized spacial score (nSPS) is 24.1. The van der Waals surface area contributed by atoms with E-state index in [2.05, 4.69) is 22.1 Å². The summed E-state index contributed by atoms with van der Waals surface area (Å²) < 4.78 is 13.5. The highest BCUT2D eigenvalue weighted by Crippen LogP contribution is 2.42. The molecule has 3 aromatic rings. The van der Waals surface area contributed by atoms with Crippen molar-refractivity contribution in [1.82, 2.24) is 9.97 Å². The van der Waals surface area contributed by atoms with Gasteiger partial charge in [-0.15, -0.1) is 0 Å². The molecule has 3 heterocycles. The molecular weight excluding hydrogens is 377 g/mol. The number of aromatic nitrogens is 2. The molecule has 5 rings (SSSR count). The molecule has 0 amide bonds. The maximum Gasteiger partial charge on any atom is 0.137 e. The van der Waals surface area contributed by atoms with E-state index < -0.39 is 0 Å². The first-order valence-electron chi connectivity index (χ1n) is 10.8. The van der Waals surface area contributed by atoms with E-state index >= 15 is 0 Å². The minimum atomic E-state index is -0.243. The minimum Gasteiger partial charge on any atom is -0.393 e. The zero-order chi connectivity index (χ0) is 20.5. The van der Waals surface area contributed by atoms with Crippen LogP contribution in [0.4, 0.5) is 4.39 Å². The first kappa shape index (κ1) is 19.2. The van der Waals surface area contributed by atoms with Gasteiger partial charge in [-0.3, -0.25) is 4.99 Å². The number of nitrogens with zero attached hydrogens (tertiary/aromatic N) is 2. The summed E-state index contributed by atoms with van der Waals surface area (Å²) >= 11 is 0. The molecule has 154 valence electrons. The van der Waals surface area contributed by atoms with E-state index in [4.69, 9.17) is 4.99 Å². The molecular formula is C25H26FN3O. The lowest BCUT2D eigenvalue weighted by Gasteiger charge is -2.27. The van der Waals surface area contributed by atoms with E-state index in [0.29, 0.717) is 5.92 Å². The Morgan fingerprint density at radius 1 is 1.07 bits per heavy atom. The molecule has 2 aromatic heterocycles. The van der Waals surface area contributed by atoms with Gasteiger partial charge < -0.3 is 10.1 Å². The van der Waals surface area contributed by atoms with E-state index in [1.807, 2.05) is 18.6 Å². The Labute approximate surface area is 175 Å². The Morgan fingerprint density at radius 2 is 1.93 bits per heavy atom. The number of benzene rings is 1. The molecule has 0 bridgehead atoms. The molecule has 4 nitrogen and oxygen atoms in total. The van der Waals surface area contributed by atoms with Crippen LogP contribution in [0.25, 0.3) is 22.3 Å². The van der Waals surface area contributed by atoms with E-state index in [0.717, 1.165) is 60.0 Å². The van der Waals surface area contributed by atoms with Gasteiger partial charge in [-0.2, -0.15) is 0 Å². The van der Waals surface area contributed by atoms with E-state index in [1.54, 1.807) is 12.1 Å². The first-order valence-corrected chi connectivity index (χ1v) is 10.8. The van der Waals surface area contributed by atoms with Gasteiger partial charge in [0, 0.05) is 35.5 Å². The fourth-order valence-corrected chi connectivity index (χ4v) is 5.00. The minimum absolute atomic E-state index is 0.148. The monoisotopic (exact) mass is 403 g/mol. The van der Waals surface area contributed by atoms with Crippen molar-refractivity contribution in [3.63, 3.8) is 0 Å². The molecule has 2 N–H and O–H groups in total. The van der Waals surface area contributed by atoms with Gasteiger partial charge in [0.15, 0.2) is 0 Å². The second-order valence-electron chi connectivity index (χ2n) is 8.52. The smallest absolute Gasteiger partial charge is 0.137 e. The summed E-state index contributed by atoms with van der Waals surface area (Å²) in [5.41, 5.74) is 5.02. The standard InChI is InChI=1S/C25H26FN3O/c26-19-8-6-17(7-9-19)24-23(21-10-12-27-25-22(21)11-13-28-25)18(15-29-24)5-4-16-2-1-3-20(30)14-16/h6-13,15-16,18,20,30H,1-5,14H2,(H,27,28)/t16-,18?,20+/m0/s1. The van der Waals surface area contributed by atoms with Crippen LogP contribution >= 0.6 is 0 Å². The highest BCUT2D eigenvalue weighted by Gasteiger charge is 2.28. The fourth-order valence-electron chi connectivity index (χ4n) is 5.00. The van der Waals surface area contributed by atoms with Crippen LogP contribution in [0.3, 0.4) is 0 Å². The summed E-state index contributed by atoms with van der Waals surface area (Å²) in [5, 5.41) is 11.1. The number of allylic oxidation sites excluding steroid dienone is 1. The van der Waals surface area contributed by atoms with Gasteiger partial charge in [0.05, 0.1) is 11.8 Å². The van der Waals surface area contributed by atoms with Crippen LogP contribution < -0.4 is 0 Å². The number of hydrogen-bond acceptors (Lipinski definition) is 3. The van der Waals surface area contributed by atoms with Gasteiger partial charge in [-0.05, 0) is 79.1 Å². The second-order valence-corrected chi connectivity index (χ2v) is 8.52. The molecule has 1 saturated carbocycles. The number of aliphatic imine (C=N–C) groups is 1. The van der Waals surface area contributed by atoms with Crippen molar-refractivity contribution in [2.75, 3.05) is 0 Å². The van der Waals surface area contributed by atoms with E-state index in [1.165, 1.54) is 24.1 Å². The van der Waals surface area contributed by atoms with Crippen molar-refractivity contribution < 1.29 is 9.50 Å². The van der Waals surface area contributed by atoms with Gasteiger partial charge in [-0.25, -0.2) is 9.37 Å². The predicted molar refractivity (Wildman–Crippen MR) is 118 cm³/mol.